The molecule has 1 fully saturated rings. The van der Waals surface area contributed by atoms with Gasteiger partial charge in [-0.25, -0.2) is 0 Å². The zero-order chi connectivity index (χ0) is 15.5. The maximum Gasteiger partial charge on any atom is 0.0233 e. The van der Waals surface area contributed by atoms with E-state index < -0.39 is 0 Å². The van der Waals surface area contributed by atoms with E-state index in [0.29, 0.717) is 5.92 Å². The van der Waals surface area contributed by atoms with Gasteiger partial charge in [0.25, 0.3) is 0 Å². The fourth-order valence-electron chi connectivity index (χ4n) is 4.17. The van der Waals surface area contributed by atoms with Gasteiger partial charge in [-0.15, -0.1) is 0 Å². The Morgan fingerprint density at radius 1 is 0.870 bits per heavy atom. The lowest BCUT2D eigenvalue weighted by molar-refractivity contribution is 0.147. The van der Waals surface area contributed by atoms with Gasteiger partial charge in [0, 0.05) is 13.0 Å². The molecule has 23 heavy (non-hydrogen) atoms. The predicted molar refractivity (Wildman–Crippen MR) is 95.0 cm³/mol. The molecule has 2 aliphatic rings. The minimum atomic E-state index is 0.670. The van der Waals surface area contributed by atoms with Crippen molar-refractivity contribution in [1.29, 1.82) is 0 Å². The number of nitrogens with zero attached hydrogens (tertiary/aromatic N) is 1. The van der Waals surface area contributed by atoms with Gasteiger partial charge in [-0.3, -0.25) is 4.90 Å². The number of fused-ring (bicyclic) bond motifs is 1. The average Bonchev–Trinajstić information content (AvgIpc) is 2.63. The maximum atomic E-state index is 3.81. The van der Waals surface area contributed by atoms with Crippen LogP contribution in [0.1, 0.15) is 36.0 Å². The van der Waals surface area contributed by atoms with Crippen molar-refractivity contribution in [3.8, 4) is 0 Å². The highest BCUT2D eigenvalue weighted by Gasteiger charge is 2.29. The van der Waals surface area contributed by atoms with E-state index in [4.69, 9.17) is 0 Å². The van der Waals surface area contributed by atoms with Gasteiger partial charge in [0.2, 0.25) is 0 Å². The van der Waals surface area contributed by atoms with Gasteiger partial charge in [-0.1, -0.05) is 54.6 Å². The number of hydrogen-bond donors (Lipinski definition) is 0. The van der Waals surface area contributed by atoms with Crippen LogP contribution in [-0.2, 0) is 13.0 Å². The molecular weight excluding hydrogens is 278 g/mol. The average molecular weight is 303 g/mol. The second kappa shape index (κ2) is 6.88. The third-order valence-corrected chi connectivity index (χ3v) is 5.53. The second-order valence-corrected chi connectivity index (χ2v) is 7.05. The summed E-state index contributed by atoms with van der Waals surface area (Å²) >= 11 is 0. The maximum absolute atomic E-state index is 3.81. The predicted octanol–water partition coefficient (Wildman–Crippen LogP) is 4.59. The fraction of sp³-hybridized carbons (Fsp3) is 0.409. The van der Waals surface area contributed by atoms with Crippen LogP contribution in [0.5, 0.6) is 0 Å². The molecule has 0 saturated carbocycles. The topological polar surface area (TPSA) is 3.24 Å². The Kier molecular flexibility index (Phi) is 4.48. The Hall–Kier alpha value is -1.60. The molecule has 0 bridgehead atoms. The molecule has 0 spiro atoms. The molecule has 2 radical (unpaired) electrons. The van der Waals surface area contributed by atoms with Crippen molar-refractivity contribution < 1.29 is 0 Å². The first-order valence-electron chi connectivity index (χ1n) is 8.99. The number of aryl methyl sites for hydroxylation is 1. The number of hydrogen-bond acceptors (Lipinski definition) is 1. The standard InChI is InChI=1S/C22H25N/c1-2-6-18(7-3-1)17-23-14-12-20(13-15-23)22-11-10-19-8-4-5-9-21(19)16-22/h1-9,20,22H,10-15,17H2. The number of piperidine rings is 1. The highest BCUT2D eigenvalue weighted by atomic mass is 15.1. The molecule has 0 amide bonds. The quantitative estimate of drug-likeness (QED) is 0.801. The van der Waals surface area contributed by atoms with Crippen molar-refractivity contribution in [3.05, 3.63) is 77.7 Å². The lowest BCUT2D eigenvalue weighted by atomic mass is 9.74. The van der Waals surface area contributed by atoms with E-state index in [9.17, 15) is 0 Å². The summed E-state index contributed by atoms with van der Waals surface area (Å²) in [6.45, 7) is 3.58. The van der Waals surface area contributed by atoms with Crippen molar-refractivity contribution in [2.45, 2.75) is 32.2 Å². The molecule has 2 aromatic rings. The molecule has 0 N–H and O–H groups in total. The molecule has 1 unspecified atom stereocenters. The summed E-state index contributed by atoms with van der Waals surface area (Å²) in [7, 11) is 0. The molecule has 1 heteroatoms. The lowest BCUT2D eigenvalue weighted by Crippen LogP contribution is -2.36. The Balaban J connectivity index is 1.32. The first-order valence-corrected chi connectivity index (χ1v) is 8.99. The SMILES string of the molecule is [C]1c2ccccc2CCC1C1CCN(Cc2ccccc2)CC1. The summed E-state index contributed by atoms with van der Waals surface area (Å²) in [6.07, 6.45) is 8.99. The van der Waals surface area contributed by atoms with Crippen molar-refractivity contribution in [1.82, 2.24) is 4.90 Å². The smallest absolute Gasteiger partial charge is 0.0233 e. The molecule has 1 heterocycles. The Labute approximate surface area is 140 Å². The monoisotopic (exact) mass is 303 g/mol. The van der Waals surface area contributed by atoms with Crippen molar-refractivity contribution in [2.75, 3.05) is 13.1 Å². The first-order chi connectivity index (χ1) is 11.4. The van der Waals surface area contributed by atoms with Crippen molar-refractivity contribution in [3.63, 3.8) is 0 Å². The van der Waals surface area contributed by atoms with E-state index in [1.807, 2.05) is 0 Å². The minimum Gasteiger partial charge on any atom is -0.299 e. The van der Waals surface area contributed by atoms with E-state index >= 15 is 0 Å². The molecule has 2 aromatic carbocycles. The van der Waals surface area contributed by atoms with E-state index in [1.165, 1.54) is 55.5 Å². The summed E-state index contributed by atoms with van der Waals surface area (Å²) in [5, 5.41) is 0. The molecule has 1 aliphatic carbocycles. The Bertz CT molecular complexity index is 625. The van der Waals surface area contributed by atoms with Crippen LogP contribution in [0.2, 0.25) is 0 Å². The zero-order valence-corrected chi connectivity index (χ0v) is 13.7. The van der Waals surface area contributed by atoms with Crippen LogP contribution in [-0.4, -0.2) is 18.0 Å². The summed E-state index contributed by atoms with van der Waals surface area (Å²) in [5.41, 5.74) is 4.30. The lowest BCUT2D eigenvalue weighted by Gasteiger charge is -2.37. The van der Waals surface area contributed by atoms with Gasteiger partial charge >= 0.3 is 0 Å². The van der Waals surface area contributed by atoms with Crippen molar-refractivity contribution in [2.24, 2.45) is 11.8 Å². The van der Waals surface area contributed by atoms with Gasteiger partial charge in [-0.05, 0) is 67.3 Å². The van der Waals surface area contributed by atoms with Gasteiger partial charge in [0.15, 0.2) is 0 Å². The number of likely N-dealkylation sites (tertiary alicyclic amines) is 1. The molecule has 1 aliphatic heterocycles. The Morgan fingerprint density at radius 2 is 1.61 bits per heavy atom. The highest BCUT2D eigenvalue weighted by Crippen LogP contribution is 2.36. The largest absolute Gasteiger partial charge is 0.299 e. The second-order valence-electron chi connectivity index (χ2n) is 7.05. The van der Waals surface area contributed by atoms with E-state index in [1.54, 1.807) is 0 Å². The van der Waals surface area contributed by atoms with Crippen molar-refractivity contribution >= 4 is 0 Å². The molecular formula is C22H25N. The molecule has 1 atom stereocenters. The molecule has 0 aromatic heterocycles. The first kappa shape index (κ1) is 15.0. The molecule has 118 valence electrons. The minimum absolute atomic E-state index is 0.670. The summed E-state index contributed by atoms with van der Waals surface area (Å²) in [4.78, 5) is 2.61. The molecule has 4 rings (SSSR count). The Morgan fingerprint density at radius 3 is 2.43 bits per heavy atom. The van der Waals surface area contributed by atoms with Crippen LogP contribution in [0, 0.1) is 18.3 Å². The highest BCUT2D eigenvalue weighted by molar-refractivity contribution is 5.36. The molecule has 1 saturated heterocycles. The normalized spacial score (nSPS) is 22.7. The van der Waals surface area contributed by atoms with Gasteiger partial charge in [0.05, 0.1) is 0 Å². The van der Waals surface area contributed by atoms with Gasteiger partial charge in [-0.2, -0.15) is 0 Å². The van der Waals surface area contributed by atoms with Crippen LogP contribution in [0.3, 0.4) is 0 Å². The summed E-state index contributed by atoms with van der Waals surface area (Å²) in [5.74, 6) is 1.50. The van der Waals surface area contributed by atoms with Gasteiger partial charge < -0.3 is 0 Å². The van der Waals surface area contributed by atoms with Crippen LogP contribution < -0.4 is 0 Å². The fourth-order valence-corrected chi connectivity index (χ4v) is 4.17. The van der Waals surface area contributed by atoms with Crippen LogP contribution >= 0.6 is 0 Å². The molecule has 1 nitrogen and oxygen atoms in total. The third-order valence-electron chi connectivity index (χ3n) is 5.53. The van der Waals surface area contributed by atoms with E-state index in [-0.39, 0.29) is 0 Å². The third kappa shape index (κ3) is 3.50. The van der Waals surface area contributed by atoms with E-state index in [2.05, 4.69) is 65.9 Å². The zero-order valence-electron chi connectivity index (χ0n) is 13.7. The summed E-state index contributed by atoms with van der Waals surface area (Å²) in [6, 6.07) is 19.7. The van der Waals surface area contributed by atoms with Crippen LogP contribution in [0.4, 0.5) is 0 Å². The van der Waals surface area contributed by atoms with Crippen LogP contribution in [0.15, 0.2) is 54.6 Å². The van der Waals surface area contributed by atoms with Crippen LogP contribution in [0.25, 0.3) is 0 Å². The van der Waals surface area contributed by atoms with Gasteiger partial charge in [0.1, 0.15) is 0 Å². The van der Waals surface area contributed by atoms with E-state index in [0.717, 1.165) is 12.5 Å². The number of benzene rings is 2. The number of rotatable bonds is 3. The summed E-state index contributed by atoms with van der Waals surface area (Å²) < 4.78 is 0.